The first kappa shape index (κ1) is 27.6. The molecule has 2 aromatic carbocycles. The molecule has 180 valence electrons. The summed E-state index contributed by atoms with van der Waals surface area (Å²) in [5, 5.41) is 0.514. The van der Waals surface area contributed by atoms with Crippen LogP contribution in [0.25, 0.3) is 10.2 Å². The number of nitrogens with zero attached hydrogens (tertiary/aromatic N) is 3. The molecule has 0 aliphatic heterocycles. The molecule has 10 heteroatoms. The number of amides is 1. The van der Waals surface area contributed by atoms with Crippen LogP contribution in [0.15, 0.2) is 52.3 Å². The second-order valence-electron chi connectivity index (χ2n) is 7.31. The summed E-state index contributed by atoms with van der Waals surface area (Å²) in [5.41, 5.74) is 1.01. The van der Waals surface area contributed by atoms with E-state index < -0.39 is 9.84 Å². The first-order chi connectivity index (χ1) is 15.3. The standard InChI is InChI=1S/C23H29N3O3S3.ClH/c1-5-25(6-2)15-16-26(22(27)17-11-13-18(14-12-17)30-7-3)23-24-21-19(31-23)9-8-10-20(21)32(4,28)29;/h8-14H,5-7,15-16H2,1-4H3;1H. The summed E-state index contributed by atoms with van der Waals surface area (Å²) >= 11 is 3.07. The third-order valence-electron chi connectivity index (χ3n) is 5.19. The molecule has 6 nitrogen and oxygen atoms in total. The number of halogens is 1. The Morgan fingerprint density at radius 2 is 1.70 bits per heavy atom. The molecule has 0 unspecified atom stereocenters. The number of fused-ring (bicyclic) bond motifs is 1. The van der Waals surface area contributed by atoms with Gasteiger partial charge in [-0.05, 0) is 55.2 Å². The lowest BCUT2D eigenvalue weighted by atomic mass is 10.2. The maximum atomic E-state index is 13.5. The third kappa shape index (κ3) is 6.70. The predicted octanol–water partition coefficient (Wildman–Crippen LogP) is 5.22. The van der Waals surface area contributed by atoms with Crippen molar-refractivity contribution in [1.82, 2.24) is 9.88 Å². The number of sulfone groups is 1. The predicted molar refractivity (Wildman–Crippen MR) is 142 cm³/mol. The fourth-order valence-electron chi connectivity index (χ4n) is 3.41. The van der Waals surface area contributed by atoms with Gasteiger partial charge in [-0.15, -0.1) is 24.2 Å². The molecule has 0 aliphatic rings. The number of anilines is 1. The van der Waals surface area contributed by atoms with Crippen LogP contribution >= 0.6 is 35.5 Å². The third-order valence-corrected chi connectivity index (χ3v) is 8.26. The molecule has 0 spiro atoms. The average Bonchev–Trinajstić information content (AvgIpc) is 3.20. The highest BCUT2D eigenvalue weighted by molar-refractivity contribution is 7.99. The number of rotatable bonds is 10. The molecule has 3 aromatic rings. The van der Waals surface area contributed by atoms with Crippen LogP contribution in [-0.4, -0.2) is 62.4 Å². The molecule has 0 saturated carbocycles. The molecule has 0 aliphatic carbocycles. The lowest BCUT2D eigenvalue weighted by Crippen LogP contribution is -2.38. The van der Waals surface area contributed by atoms with Gasteiger partial charge in [-0.1, -0.05) is 38.2 Å². The number of thiazole rings is 1. The largest absolute Gasteiger partial charge is 0.302 e. The zero-order valence-electron chi connectivity index (χ0n) is 19.3. The minimum atomic E-state index is -3.43. The van der Waals surface area contributed by atoms with Crippen molar-refractivity contribution in [3.8, 4) is 0 Å². The van der Waals surface area contributed by atoms with Crippen molar-refractivity contribution < 1.29 is 13.2 Å². The molecular formula is C23H30ClN3O3S3. The average molecular weight is 528 g/mol. The second kappa shape index (κ2) is 12.2. The number of carbonyl (C=O) groups is 1. The van der Waals surface area contributed by atoms with Crippen molar-refractivity contribution in [2.75, 3.05) is 43.1 Å². The van der Waals surface area contributed by atoms with Crippen molar-refractivity contribution >= 4 is 66.6 Å². The van der Waals surface area contributed by atoms with Crippen molar-refractivity contribution in [2.45, 2.75) is 30.6 Å². The maximum absolute atomic E-state index is 13.5. The van der Waals surface area contributed by atoms with Gasteiger partial charge in [0.1, 0.15) is 5.52 Å². The molecule has 1 heterocycles. The number of thioether (sulfide) groups is 1. The molecule has 3 rings (SSSR count). The Balaban J connectivity index is 0.00000385. The van der Waals surface area contributed by atoms with E-state index in [2.05, 4.69) is 30.7 Å². The van der Waals surface area contributed by atoms with Crippen molar-refractivity contribution in [3.05, 3.63) is 48.0 Å². The van der Waals surface area contributed by atoms with Gasteiger partial charge in [-0.25, -0.2) is 13.4 Å². The molecule has 33 heavy (non-hydrogen) atoms. The van der Waals surface area contributed by atoms with E-state index in [-0.39, 0.29) is 23.2 Å². The smallest absolute Gasteiger partial charge is 0.260 e. The second-order valence-corrected chi connectivity index (χ2v) is 11.6. The summed E-state index contributed by atoms with van der Waals surface area (Å²) in [5.74, 6) is 0.836. The van der Waals surface area contributed by atoms with Crippen molar-refractivity contribution in [1.29, 1.82) is 0 Å². The first-order valence-corrected chi connectivity index (χ1v) is 14.3. The Bertz CT molecular complexity index is 1180. The number of aromatic nitrogens is 1. The highest BCUT2D eigenvalue weighted by Crippen LogP contribution is 2.33. The van der Waals surface area contributed by atoms with Crippen LogP contribution < -0.4 is 4.90 Å². The first-order valence-electron chi connectivity index (χ1n) is 10.6. The zero-order valence-corrected chi connectivity index (χ0v) is 22.5. The SMILES string of the molecule is CCSc1ccc(C(=O)N(CCN(CC)CC)c2nc3c(S(C)(=O)=O)cccc3s2)cc1.Cl. The molecule has 0 saturated heterocycles. The number of likely N-dealkylation sites (N-methyl/N-ethyl adjacent to an activating group) is 1. The topological polar surface area (TPSA) is 70.6 Å². The van der Waals surface area contributed by atoms with E-state index in [1.54, 1.807) is 28.8 Å². The molecular weight excluding hydrogens is 498 g/mol. The molecule has 0 bridgehead atoms. The number of hydrogen-bond acceptors (Lipinski definition) is 7. The molecule has 0 atom stereocenters. The summed E-state index contributed by atoms with van der Waals surface area (Å²) in [4.78, 5) is 23.4. The van der Waals surface area contributed by atoms with E-state index in [4.69, 9.17) is 0 Å². The fourth-order valence-corrected chi connectivity index (χ4v) is 5.98. The number of hydrogen-bond donors (Lipinski definition) is 0. The van der Waals surface area contributed by atoms with Crippen LogP contribution in [0.3, 0.4) is 0 Å². The van der Waals surface area contributed by atoms with Crippen LogP contribution in [0.2, 0.25) is 0 Å². The summed E-state index contributed by atoms with van der Waals surface area (Å²) in [6.07, 6.45) is 1.18. The van der Waals surface area contributed by atoms with Gasteiger partial charge >= 0.3 is 0 Å². The van der Waals surface area contributed by atoms with E-state index in [1.165, 1.54) is 17.6 Å². The van der Waals surface area contributed by atoms with Crippen LogP contribution in [0.5, 0.6) is 0 Å². The van der Waals surface area contributed by atoms with Gasteiger partial charge in [0.2, 0.25) is 0 Å². The Labute approximate surface area is 210 Å². The Hall–Kier alpha value is -1.65. The van der Waals surface area contributed by atoms with Gasteiger partial charge in [-0.2, -0.15) is 0 Å². The normalized spacial score (nSPS) is 11.5. The van der Waals surface area contributed by atoms with E-state index in [0.29, 0.717) is 29.3 Å². The van der Waals surface area contributed by atoms with E-state index in [0.717, 1.165) is 28.4 Å². The molecule has 1 amide bonds. The van der Waals surface area contributed by atoms with Gasteiger partial charge in [0.15, 0.2) is 15.0 Å². The van der Waals surface area contributed by atoms with Gasteiger partial charge in [-0.3, -0.25) is 9.69 Å². The monoisotopic (exact) mass is 527 g/mol. The van der Waals surface area contributed by atoms with Gasteiger partial charge in [0.25, 0.3) is 5.91 Å². The summed E-state index contributed by atoms with van der Waals surface area (Å²) in [7, 11) is -3.43. The Kier molecular flexibility index (Phi) is 10.2. The molecule has 0 N–H and O–H groups in total. The van der Waals surface area contributed by atoms with E-state index in [1.807, 2.05) is 30.3 Å². The van der Waals surface area contributed by atoms with E-state index in [9.17, 15) is 13.2 Å². The summed E-state index contributed by atoms with van der Waals surface area (Å²) in [6, 6.07) is 12.7. The number of carbonyl (C=O) groups excluding carboxylic acids is 1. The number of para-hydroxylation sites is 1. The quantitative estimate of drug-likeness (QED) is 0.336. The van der Waals surface area contributed by atoms with Gasteiger partial charge in [0.05, 0.1) is 9.60 Å². The highest BCUT2D eigenvalue weighted by Gasteiger charge is 2.24. The van der Waals surface area contributed by atoms with Crippen molar-refractivity contribution in [2.24, 2.45) is 0 Å². The lowest BCUT2D eigenvalue weighted by molar-refractivity contribution is 0.0983. The molecule has 1 aromatic heterocycles. The lowest BCUT2D eigenvalue weighted by Gasteiger charge is -2.24. The van der Waals surface area contributed by atoms with Gasteiger partial charge < -0.3 is 4.90 Å². The van der Waals surface area contributed by atoms with Crippen molar-refractivity contribution in [3.63, 3.8) is 0 Å². The Morgan fingerprint density at radius 3 is 2.27 bits per heavy atom. The van der Waals surface area contributed by atoms with Crippen LogP contribution in [0.4, 0.5) is 5.13 Å². The minimum Gasteiger partial charge on any atom is -0.302 e. The highest BCUT2D eigenvalue weighted by atomic mass is 35.5. The van der Waals surface area contributed by atoms with Gasteiger partial charge in [0, 0.05) is 29.8 Å². The zero-order chi connectivity index (χ0) is 23.3. The van der Waals surface area contributed by atoms with Crippen LogP contribution in [0.1, 0.15) is 31.1 Å². The fraction of sp³-hybridized carbons (Fsp3) is 0.391. The minimum absolute atomic E-state index is 0. The summed E-state index contributed by atoms with van der Waals surface area (Å²) in [6.45, 7) is 9.23. The van der Waals surface area contributed by atoms with Crippen LogP contribution in [-0.2, 0) is 9.84 Å². The Morgan fingerprint density at radius 1 is 1.03 bits per heavy atom. The van der Waals surface area contributed by atoms with Crippen LogP contribution in [0, 0.1) is 0 Å². The molecule has 0 fully saturated rings. The summed E-state index contributed by atoms with van der Waals surface area (Å²) < 4.78 is 25.2. The molecule has 0 radical (unpaired) electrons. The van der Waals surface area contributed by atoms with E-state index >= 15 is 0 Å². The maximum Gasteiger partial charge on any atom is 0.260 e. The number of benzene rings is 2.